The average Bonchev–Trinajstić information content (AvgIpc) is 2.74. The van der Waals surface area contributed by atoms with E-state index in [1.54, 1.807) is 0 Å². The second-order valence-electron chi connectivity index (χ2n) is 5.55. The van der Waals surface area contributed by atoms with Gasteiger partial charge in [-0.25, -0.2) is 0 Å². The molecule has 1 heterocycles. The van der Waals surface area contributed by atoms with Crippen LogP contribution in [0, 0.1) is 0 Å². The maximum atomic E-state index is 2.32. The zero-order valence-corrected chi connectivity index (χ0v) is 11.9. The summed E-state index contributed by atoms with van der Waals surface area (Å²) in [6.45, 7) is 7.53. The molecule has 0 spiro atoms. The van der Waals surface area contributed by atoms with E-state index in [-0.39, 0.29) is 4.70 Å². The van der Waals surface area contributed by atoms with Gasteiger partial charge >= 0.3 is 0 Å². The quantitative estimate of drug-likeness (QED) is 0.554. The molecule has 1 nitrogen and oxygen atoms in total. The number of halogens is 1. The summed E-state index contributed by atoms with van der Waals surface area (Å²) in [7, 11) is 0. The Morgan fingerprint density at radius 1 is 0.941 bits per heavy atom. The number of hydrogen-bond donors (Lipinski definition) is 1. The van der Waals surface area contributed by atoms with Crippen LogP contribution in [-0.2, 0) is 0 Å². The Balaban J connectivity index is 0.00000256. The van der Waals surface area contributed by atoms with E-state index in [1.807, 2.05) is 4.90 Å². The molecule has 1 rings (SSSR count). The van der Waals surface area contributed by atoms with Crippen LogP contribution in [0.2, 0.25) is 0 Å². The molecule has 104 valence electrons. The van der Waals surface area contributed by atoms with Crippen LogP contribution in [-0.4, -0.2) is 19.1 Å². The van der Waals surface area contributed by atoms with E-state index >= 15 is 0 Å². The molecule has 17 heavy (non-hydrogen) atoms. The number of hydrogen-bond acceptors (Lipinski definition) is 0. The molecular formula is C15H32FN. The van der Waals surface area contributed by atoms with Crippen molar-refractivity contribution in [3.8, 4) is 0 Å². The smallest absolute Gasteiger partial charge is 0.0876 e. The zero-order chi connectivity index (χ0) is 11.6. The fraction of sp³-hybridized carbons (Fsp3) is 1.00. The molecule has 0 aromatic carbocycles. The van der Waals surface area contributed by atoms with Crippen LogP contribution in [0.5, 0.6) is 0 Å². The van der Waals surface area contributed by atoms with Gasteiger partial charge < -0.3 is 9.60 Å². The highest BCUT2D eigenvalue weighted by atomic mass is 19.0. The summed E-state index contributed by atoms with van der Waals surface area (Å²) in [5, 5.41) is 0. The average molecular weight is 245 g/mol. The first-order chi connectivity index (χ1) is 7.88. The lowest BCUT2D eigenvalue weighted by atomic mass is 10.1. The second kappa shape index (κ2) is 11.0. The standard InChI is InChI=1S/C15H31N.FH/c1-3-5-7-8-9-13-16-14-10-12-15(16)11-6-4-2;/h15H,3-14H2,1-2H3;1H. The number of likely N-dealkylation sites (tertiary alicyclic amines) is 1. The van der Waals surface area contributed by atoms with Gasteiger partial charge in [-0.2, -0.15) is 0 Å². The van der Waals surface area contributed by atoms with Crippen LogP contribution in [0.25, 0.3) is 0 Å². The number of quaternary nitrogens is 1. The van der Waals surface area contributed by atoms with Crippen LogP contribution in [0.3, 0.4) is 0 Å². The number of unbranched alkanes of at least 4 members (excludes halogenated alkanes) is 5. The van der Waals surface area contributed by atoms with Crippen molar-refractivity contribution in [3.63, 3.8) is 0 Å². The van der Waals surface area contributed by atoms with Gasteiger partial charge in [-0.15, -0.1) is 0 Å². The van der Waals surface area contributed by atoms with Crippen molar-refractivity contribution < 1.29 is 9.60 Å². The molecule has 2 unspecified atom stereocenters. The lowest BCUT2D eigenvalue weighted by molar-refractivity contribution is -0.912. The Bertz CT molecular complexity index is 161. The molecule has 0 radical (unpaired) electrons. The van der Waals surface area contributed by atoms with Crippen LogP contribution in [0.4, 0.5) is 0 Å². The molecular weight excluding hydrogens is 213 g/mol. The van der Waals surface area contributed by atoms with Crippen LogP contribution < -0.4 is 9.60 Å². The summed E-state index contributed by atoms with van der Waals surface area (Å²) in [6, 6.07) is 1.02. The van der Waals surface area contributed by atoms with E-state index in [2.05, 4.69) is 13.8 Å². The van der Waals surface area contributed by atoms with Crippen molar-refractivity contribution in [1.82, 2.24) is 0 Å². The fourth-order valence-corrected chi connectivity index (χ4v) is 3.07. The second-order valence-corrected chi connectivity index (χ2v) is 5.55. The monoisotopic (exact) mass is 245 g/mol. The van der Waals surface area contributed by atoms with Crippen molar-refractivity contribution in [2.45, 2.75) is 84.1 Å². The maximum Gasteiger partial charge on any atom is 0.0876 e. The Hall–Kier alpha value is -0.110. The van der Waals surface area contributed by atoms with E-state index in [0.717, 1.165) is 6.04 Å². The molecule has 1 saturated heterocycles. The molecule has 0 bridgehead atoms. The van der Waals surface area contributed by atoms with Gasteiger partial charge in [0, 0.05) is 12.8 Å². The predicted molar refractivity (Wildman–Crippen MR) is 72.0 cm³/mol. The van der Waals surface area contributed by atoms with Gasteiger partial charge in [-0.3, -0.25) is 0 Å². The molecule has 0 aromatic rings. The molecule has 0 aliphatic carbocycles. The van der Waals surface area contributed by atoms with Crippen molar-refractivity contribution in [3.05, 3.63) is 0 Å². The highest BCUT2D eigenvalue weighted by molar-refractivity contribution is 4.62. The lowest BCUT2D eigenvalue weighted by Gasteiger charge is -2.21. The highest BCUT2D eigenvalue weighted by Crippen LogP contribution is 2.08. The Morgan fingerprint density at radius 3 is 2.35 bits per heavy atom. The van der Waals surface area contributed by atoms with E-state index < -0.39 is 0 Å². The van der Waals surface area contributed by atoms with Crippen LogP contribution in [0.15, 0.2) is 0 Å². The molecule has 0 amide bonds. The molecule has 0 aromatic heterocycles. The summed E-state index contributed by atoms with van der Waals surface area (Å²) in [6.07, 6.45) is 14.5. The Labute approximate surface area is 107 Å². The Morgan fingerprint density at radius 2 is 1.65 bits per heavy atom. The van der Waals surface area contributed by atoms with E-state index in [0.29, 0.717) is 0 Å². The van der Waals surface area contributed by atoms with Gasteiger partial charge in [0.05, 0.1) is 19.1 Å². The van der Waals surface area contributed by atoms with Crippen molar-refractivity contribution in [2.75, 3.05) is 13.1 Å². The van der Waals surface area contributed by atoms with Gasteiger partial charge in [0.15, 0.2) is 0 Å². The summed E-state index contributed by atoms with van der Waals surface area (Å²) < 4.78 is 0. The third-order valence-electron chi connectivity index (χ3n) is 4.14. The SMILES string of the molecule is CCCCCCC[NH+]1CCCC1CCCC.[F-]. The first-order valence-electron chi connectivity index (χ1n) is 7.73. The minimum atomic E-state index is 0. The first-order valence-corrected chi connectivity index (χ1v) is 7.73. The van der Waals surface area contributed by atoms with E-state index in [1.165, 1.54) is 77.3 Å². The first kappa shape index (κ1) is 16.9. The fourth-order valence-electron chi connectivity index (χ4n) is 3.07. The molecule has 2 atom stereocenters. The zero-order valence-electron chi connectivity index (χ0n) is 11.9. The lowest BCUT2D eigenvalue weighted by Crippen LogP contribution is -3.13. The summed E-state index contributed by atoms with van der Waals surface area (Å²) in [5.41, 5.74) is 0. The van der Waals surface area contributed by atoms with E-state index in [4.69, 9.17) is 0 Å². The van der Waals surface area contributed by atoms with Crippen molar-refractivity contribution >= 4 is 0 Å². The van der Waals surface area contributed by atoms with Crippen molar-refractivity contribution in [2.24, 2.45) is 0 Å². The Kier molecular flexibility index (Phi) is 10.9. The van der Waals surface area contributed by atoms with Gasteiger partial charge in [0.2, 0.25) is 0 Å². The molecule has 1 aliphatic heterocycles. The summed E-state index contributed by atoms with van der Waals surface area (Å²) in [5.74, 6) is 0. The van der Waals surface area contributed by atoms with Crippen LogP contribution in [0.1, 0.15) is 78.1 Å². The molecule has 0 saturated carbocycles. The van der Waals surface area contributed by atoms with Gasteiger partial charge in [-0.05, 0) is 25.7 Å². The van der Waals surface area contributed by atoms with Gasteiger partial charge in [0.1, 0.15) is 0 Å². The summed E-state index contributed by atoms with van der Waals surface area (Å²) >= 11 is 0. The van der Waals surface area contributed by atoms with E-state index in [9.17, 15) is 0 Å². The molecule has 2 heteroatoms. The highest BCUT2D eigenvalue weighted by Gasteiger charge is 2.26. The predicted octanol–water partition coefficient (Wildman–Crippen LogP) is 0.198. The normalized spacial score (nSPS) is 23.6. The van der Waals surface area contributed by atoms with Gasteiger partial charge in [0.25, 0.3) is 0 Å². The van der Waals surface area contributed by atoms with Gasteiger partial charge in [-0.1, -0.05) is 39.5 Å². The third-order valence-corrected chi connectivity index (χ3v) is 4.14. The minimum absolute atomic E-state index is 0. The maximum absolute atomic E-state index is 2.32. The number of nitrogens with one attached hydrogen (secondary N) is 1. The number of rotatable bonds is 9. The molecule has 1 fully saturated rings. The molecule has 1 aliphatic rings. The summed E-state index contributed by atoms with van der Waals surface area (Å²) in [4.78, 5) is 1.94. The third kappa shape index (κ3) is 7.03. The van der Waals surface area contributed by atoms with Crippen LogP contribution >= 0.6 is 0 Å². The minimum Gasteiger partial charge on any atom is -1.00 e. The largest absolute Gasteiger partial charge is 1.00 e. The van der Waals surface area contributed by atoms with Crippen molar-refractivity contribution in [1.29, 1.82) is 0 Å². The molecule has 1 N–H and O–H groups in total. The topological polar surface area (TPSA) is 4.44 Å².